The van der Waals surface area contributed by atoms with Crippen molar-refractivity contribution in [3.8, 4) is 16.9 Å². The Balaban J connectivity index is 1.51. The van der Waals surface area contributed by atoms with Crippen LogP contribution >= 0.6 is 0 Å². The third kappa shape index (κ3) is 6.35. The number of pyridine rings is 1. The Morgan fingerprint density at radius 3 is 2.51 bits per heavy atom. The average Bonchev–Trinajstić information content (AvgIpc) is 3.22. The molecule has 0 aliphatic carbocycles. The van der Waals surface area contributed by atoms with E-state index in [1.807, 2.05) is 0 Å². The molecular formula is C30H28F5N3O5. The summed E-state index contributed by atoms with van der Waals surface area (Å²) in [4.78, 5) is 31.6. The highest BCUT2D eigenvalue weighted by Gasteiger charge is 2.45. The second-order valence-electron chi connectivity index (χ2n) is 10.6. The quantitative estimate of drug-likeness (QED) is 0.285. The van der Waals surface area contributed by atoms with Crippen LogP contribution < -0.4 is 9.64 Å². The van der Waals surface area contributed by atoms with Gasteiger partial charge in [-0.25, -0.2) is 18.6 Å². The van der Waals surface area contributed by atoms with Gasteiger partial charge in [0.25, 0.3) is 5.92 Å². The van der Waals surface area contributed by atoms with Crippen molar-refractivity contribution in [2.24, 2.45) is 0 Å². The predicted octanol–water partition coefficient (Wildman–Crippen LogP) is 6.33. The number of carbonyl (C=O) groups is 2. The van der Waals surface area contributed by atoms with Crippen molar-refractivity contribution in [2.75, 3.05) is 25.1 Å². The van der Waals surface area contributed by atoms with Gasteiger partial charge >= 0.3 is 18.2 Å². The summed E-state index contributed by atoms with van der Waals surface area (Å²) in [6.45, 7) is 0.451. The molecule has 0 spiro atoms. The molecule has 2 fully saturated rings. The molecule has 0 unspecified atom stereocenters. The molecule has 3 heterocycles. The van der Waals surface area contributed by atoms with Gasteiger partial charge in [0.15, 0.2) is 0 Å². The Kier molecular flexibility index (Phi) is 7.93. The van der Waals surface area contributed by atoms with Crippen LogP contribution in [0.15, 0.2) is 54.6 Å². The van der Waals surface area contributed by atoms with Crippen LogP contribution in [0.3, 0.4) is 0 Å². The Morgan fingerprint density at radius 1 is 1.12 bits per heavy atom. The number of hydrogen-bond acceptors (Lipinski definition) is 6. The number of cyclic esters (lactones) is 1. The Bertz CT molecular complexity index is 1540. The summed E-state index contributed by atoms with van der Waals surface area (Å²) >= 11 is 0. The zero-order chi connectivity index (χ0) is 31.1. The maximum absolute atomic E-state index is 13.7. The summed E-state index contributed by atoms with van der Waals surface area (Å²) in [6.07, 6.45) is -6.21. The lowest BCUT2D eigenvalue weighted by Crippen LogP contribution is -2.56. The minimum Gasteiger partial charge on any atom is -0.496 e. The van der Waals surface area contributed by atoms with Crippen molar-refractivity contribution in [2.45, 2.75) is 50.6 Å². The molecule has 2 aliphatic heterocycles. The number of carbonyl (C=O) groups excluding carboxylic acids is 1. The van der Waals surface area contributed by atoms with E-state index in [0.717, 1.165) is 12.1 Å². The largest absolute Gasteiger partial charge is 0.496 e. The number of hydrogen-bond donors (Lipinski definition) is 1. The summed E-state index contributed by atoms with van der Waals surface area (Å²) in [5.41, 5.74) is 1.37. The summed E-state index contributed by atoms with van der Waals surface area (Å²) in [7, 11) is 1.46. The highest BCUT2D eigenvalue weighted by atomic mass is 19.4. The van der Waals surface area contributed by atoms with Crippen molar-refractivity contribution in [1.82, 2.24) is 9.88 Å². The number of halogens is 5. The number of benzene rings is 2. The van der Waals surface area contributed by atoms with Crippen molar-refractivity contribution in [3.05, 3.63) is 77.0 Å². The number of aliphatic carboxylic acids is 1. The molecule has 2 aliphatic rings. The minimum absolute atomic E-state index is 0.104. The number of methoxy groups -OCH3 is 1. The van der Waals surface area contributed by atoms with Crippen molar-refractivity contribution in [3.63, 3.8) is 0 Å². The number of alkyl halides is 5. The van der Waals surface area contributed by atoms with Gasteiger partial charge in [-0.05, 0) is 60.9 Å². The number of rotatable bonds is 9. The highest BCUT2D eigenvalue weighted by Crippen LogP contribution is 2.40. The third-order valence-corrected chi connectivity index (χ3v) is 7.56. The molecule has 0 saturated carbocycles. The number of ether oxygens (including phenoxy) is 2. The minimum atomic E-state index is -4.58. The molecule has 2 atom stereocenters. The fourth-order valence-corrected chi connectivity index (χ4v) is 5.29. The standard InChI is InChI=1S/C30H28F5N3O5/c1-17-27(19-4-3-5-20(13-19)30(33,34)35)43-28(41)38(17)14-23-21(8-10-25(36-23)37-15-29(31,32)16-37)22-12-18(7-11-26(39)40)6-9-24(22)42-2/h3-6,8-10,12-13,17,27H,7,11,14-16H2,1-2H3,(H,39,40)/t17-,27-/m0/s1. The van der Waals surface area contributed by atoms with Gasteiger partial charge in [0.1, 0.15) is 17.7 Å². The van der Waals surface area contributed by atoms with Crippen LogP contribution in [0.2, 0.25) is 0 Å². The monoisotopic (exact) mass is 605 g/mol. The van der Waals surface area contributed by atoms with E-state index >= 15 is 0 Å². The molecule has 8 nitrogen and oxygen atoms in total. The summed E-state index contributed by atoms with van der Waals surface area (Å²) in [6, 6.07) is 12.3. The lowest BCUT2D eigenvalue weighted by Gasteiger charge is -2.39. The number of aromatic nitrogens is 1. The van der Waals surface area contributed by atoms with E-state index in [1.165, 1.54) is 29.0 Å². The maximum atomic E-state index is 13.7. The van der Waals surface area contributed by atoms with Crippen LogP contribution in [-0.4, -0.2) is 59.2 Å². The van der Waals surface area contributed by atoms with Gasteiger partial charge in [-0.1, -0.05) is 18.2 Å². The van der Waals surface area contributed by atoms with E-state index in [2.05, 4.69) is 4.98 Å². The molecule has 2 aromatic carbocycles. The molecule has 1 amide bonds. The van der Waals surface area contributed by atoms with Gasteiger partial charge in [0.2, 0.25) is 0 Å². The zero-order valence-corrected chi connectivity index (χ0v) is 23.2. The molecule has 0 bridgehead atoms. The van der Waals surface area contributed by atoms with E-state index in [0.29, 0.717) is 28.1 Å². The molecular weight excluding hydrogens is 577 g/mol. The second-order valence-corrected chi connectivity index (χ2v) is 10.6. The number of amides is 1. The molecule has 5 rings (SSSR count). The van der Waals surface area contributed by atoms with Gasteiger partial charge in [-0.2, -0.15) is 13.2 Å². The first kappa shape index (κ1) is 30.1. The second kappa shape index (κ2) is 11.3. The van der Waals surface area contributed by atoms with Crippen LogP contribution in [0.25, 0.3) is 11.1 Å². The molecule has 43 heavy (non-hydrogen) atoms. The number of aryl methyl sites for hydroxylation is 1. The fraction of sp³-hybridized carbons (Fsp3) is 0.367. The maximum Gasteiger partial charge on any atom is 0.416 e. The molecule has 0 radical (unpaired) electrons. The predicted molar refractivity (Wildman–Crippen MR) is 145 cm³/mol. The van der Waals surface area contributed by atoms with Gasteiger partial charge in [-0.3, -0.25) is 9.69 Å². The first-order valence-electron chi connectivity index (χ1n) is 13.4. The fourth-order valence-electron chi connectivity index (χ4n) is 5.29. The average molecular weight is 606 g/mol. The van der Waals surface area contributed by atoms with Gasteiger partial charge < -0.3 is 19.5 Å². The number of anilines is 1. The van der Waals surface area contributed by atoms with Crippen molar-refractivity contribution >= 4 is 17.9 Å². The van der Waals surface area contributed by atoms with Gasteiger partial charge in [0.05, 0.1) is 44.0 Å². The highest BCUT2D eigenvalue weighted by molar-refractivity contribution is 5.76. The summed E-state index contributed by atoms with van der Waals surface area (Å²) in [5, 5.41) is 9.12. The van der Waals surface area contributed by atoms with Crippen LogP contribution in [0.5, 0.6) is 5.75 Å². The van der Waals surface area contributed by atoms with Crippen LogP contribution in [-0.2, 0) is 28.7 Å². The van der Waals surface area contributed by atoms with Gasteiger partial charge in [0, 0.05) is 17.5 Å². The Labute approximate surface area is 243 Å². The topological polar surface area (TPSA) is 92.2 Å². The smallest absolute Gasteiger partial charge is 0.416 e. The van der Waals surface area contributed by atoms with Crippen LogP contribution in [0, 0.1) is 0 Å². The van der Waals surface area contributed by atoms with E-state index in [9.17, 15) is 31.5 Å². The van der Waals surface area contributed by atoms with E-state index in [4.69, 9.17) is 14.6 Å². The zero-order valence-electron chi connectivity index (χ0n) is 23.2. The Morgan fingerprint density at radius 2 is 1.86 bits per heavy atom. The molecule has 1 N–H and O–H groups in total. The van der Waals surface area contributed by atoms with Crippen LogP contribution in [0.1, 0.15) is 41.8 Å². The molecule has 2 saturated heterocycles. The number of nitrogens with zero attached hydrogens (tertiary/aromatic N) is 3. The summed E-state index contributed by atoms with van der Waals surface area (Å²) < 4.78 is 78.4. The first-order valence-corrected chi connectivity index (χ1v) is 13.4. The number of carboxylic acids is 1. The molecule has 13 heteroatoms. The molecule has 1 aromatic heterocycles. The lowest BCUT2D eigenvalue weighted by molar-refractivity contribution is -0.138. The molecule has 3 aromatic rings. The van der Waals surface area contributed by atoms with Gasteiger partial charge in [-0.15, -0.1) is 0 Å². The third-order valence-electron chi connectivity index (χ3n) is 7.56. The first-order chi connectivity index (χ1) is 20.3. The number of carboxylic acid groups (broad SMARTS) is 1. The van der Waals surface area contributed by atoms with E-state index in [1.54, 1.807) is 37.3 Å². The van der Waals surface area contributed by atoms with E-state index in [-0.39, 0.29) is 30.8 Å². The summed E-state index contributed by atoms with van der Waals surface area (Å²) in [5.74, 6) is -3.12. The normalized spacial score (nSPS) is 19.7. The van der Waals surface area contributed by atoms with Crippen molar-refractivity contribution in [1.29, 1.82) is 0 Å². The lowest BCUT2D eigenvalue weighted by atomic mass is 9.97. The molecule has 228 valence electrons. The van der Waals surface area contributed by atoms with Crippen molar-refractivity contribution < 1.29 is 46.1 Å². The van der Waals surface area contributed by atoms with Crippen LogP contribution in [0.4, 0.5) is 32.6 Å². The Hall–Kier alpha value is -4.42. The van der Waals surface area contributed by atoms with E-state index < -0.39 is 55.0 Å². The SMILES string of the molecule is COc1ccc(CCC(=O)O)cc1-c1ccc(N2CC(F)(F)C2)nc1CN1C(=O)O[C@H](c2cccc(C(F)(F)F)c2)[C@@H]1C.